The van der Waals surface area contributed by atoms with Crippen molar-refractivity contribution >= 4 is 18.3 Å². The fraction of sp³-hybridized carbons (Fsp3) is 0.588. The van der Waals surface area contributed by atoms with Crippen LogP contribution in [0, 0.1) is 5.82 Å². The van der Waals surface area contributed by atoms with Crippen LogP contribution in [-0.4, -0.2) is 49.2 Å². The average Bonchev–Trinajstić information content (AvgIpc) is 2.51. The number of carbonyl (C=O) groups is 1. The van der Waals surface area contributed by atoms with E-state index in [4.69, 9.17) is 4.74 Å². The van der Waals surface area contributed by atoms with Gasteiger partial charge in [-0.05, 0) is 37.5 Å². The average molecular weight is 345 g/mol. The first-order chi connectivity index (χ1) is 10.6. The van der Waals surface area contributed by atoms with Gasteiger partial charge in [0.2, 0.25) is 5.91 Å². The van der Waals surface area contributed by atoms with Gasteiger partial charge in [-0.25, -0.2) is 4.39 Å². The first kappa shape index (κ1) is 19.9. The second-order valence-electron chi connectivity index (χ2n) is 5.71. The summed E-state index contributed by atoms with van der Waals surface area (Å²) in [6.45, 7) is 6.62. The summed E-state index contributed by atoms with van der Waals surface area (Å²) in [4.78, 5) is 14.6. The van der Waals surface area contributed by atoms with Crippen molar-refractivity contribution in [2.75, 3.05) is 26.2 Å². The lowest BCUT2D eigenvalue weighted by Gasteiger charge is -2.34. The Bertz CT molecular complexity index is 501. The number of rotatable bonds is 6. The molecule has 1 aliphatic heterocycles. The molecule has 1 fully saturated rings. The molecule has 0 aromatic heterocycles. The Morgan fingerprint density at radius 3 is 2.87 bits per heavy atom. The topological polar surface area (TPSA) is 41.6 Å². The number of hydrogen-bond donors (Lipinski definition) is 1. The number of ether oxygens (including phenoxy) is 1. The van der Waals surface area contributed by atoms with Gasteiger partial charge >= 0.3 is 0 Å². The lowest BCUT2D eigenvalue weighted by Crippen LogP contribution is -2.56. The lowest BCUT2D eigenvalue weighted by atomic mass is 10.1. The first-order valence-electron chi connectivity index (χ1n) is 8.00. The van der Waals surface area contributed by atoms with Gasteiger partial charge in [0.25, 0.3) is 0 Å². The maximum atomic E-state index is 13.2. The molecule has 0 spiro atoms. The van der Waals surface area contributed by atoms with Crippen LogP contribution in [0.5, 0.6) is 0 Å². The van der Waals surface area contributed by atoms with Gasteiger partial charge in [0.15, 0.2) is 0 Å². The van der Waals surface area contributed by atoms with E-state index < -0.39 is 0 Å². The maximum absolute atomic E-state index is 13.2. The van der Waals surface area contributed by atoms with E-state index in [9.17, 15) is 9.18 Å². The highest BCUT2D eigenvalue weighted by Crippen LogP contribution is 2.10. The summed E-state index contributed by atoms with van der Waals surface area (Å²) >= 11 is 0. The fourth-order valence-electron chi connectivity index (χ4n) is 2.76. The van der Waals surface area contributed by atoms with E-state index in [1.165, 1.54) is 12.1 Å². The SMILES string of the molecule is CCCN(CCc1cccc(F)c1)C(=O)[C@H]1NCCO[C@@H]1C.Cl. The zero-order valence-corrected chi connectivity index (χ0v) is 14.6. The Hall–Kier alpha value is -1.17. The van der Waals surface area contributed by atoms with Gasteiger partial charge in [0.1, 0.15) is 11.9 Å². The standard InChI is InChI=1S/C17H25FN2O2.ClH/c1-3-9-20(10-7-14-5-4-6-15(18)12-14)17(21)16-13(2)22-11-8-19-16;/h4-6,12-13,16,19H,3,7-11H2,1-2H3;1H/t13-,16+;/m1./s1. The molecule has 6 heteroatoms. The molecule has 130 valence electrons. The van der Waals surface area contributed by atoms with Gasteiger partial charge in [-0.2, -0.15) is 0 Å². The van der Waals surface area contributed by atoms with Gasteiger partial charge < -0.3 is 15.0 Å². The molecule has 23 heavy (non-hydrogen) atoms. The molecule has 0 unspecified atom stereocenters. The van der Waals surface area contributed by atoms with Gasteiger partial charge in [0.05, 0.1) is 12.7 Å². The van der Waals surface area contributed by atoms with Crippen molar-refractivity contribution in [2.45, 2.75) is 38.8 Å². The third-order valence-corrected chi connectivity index (χ3v) is 3.95. The van der Waals surface area contributed by atoms with Crippen molar-refractivity contribution in [3.8, 4) is 0 Å². The molecule has 1 heterocycles. The highest BCUT2D eigenvalue weighted by Gasteiger charge is 2.31. The number of hydrogen-bond acceptors (Lipinski definition) is 3. The maximum Gasteiger partial charge on any atom is 0.242 e. The van der Waals surface area contributed by atoms with Gasteiger partial charge in [-0.1, -0.05) is 19.1 Å². The normalized spacial score (nSPS) is 20.7. The van der Waals surface area contributed by atoms with Crippen LogP contribution < -0.4 is 5.32 Å². The Morgan fingerprint density at radius 1 is 1.43 bits per heavy atom. The number of nitrogens with zero attached hydrogens (tertiary/aromatic N) is 1. The smallest absolute Gasteiger partial charge is 0.242 e. The van der Waals surface area contributed by atoms with E-state index in [0.29, 0.717) is 32.7 Å². The molecule has 1 saturated heterocycles. The predicted molar refractivity (Wildman–Crippen MR) is 91.4 cm³/mol. The van der Waals surface area contributed by atoms with Crippen molar-refractivity contribution in [2.24, 2.45) is 0 Å². The minimum Gasteiger partial charge on any atom is -0.375 e. The molecule has 0 radical (unpaired) electrons. The summed E-state index contributed by atoms with van der Waals surface area (Å²) in [5.41, 5.74) is 0.912. The molecule has 2 rings (SSSR count). The predicted octanol–water partition coefficient (Wildman–Crippen LogP) is 2.41. The van der Waals surface area contributed by atoms with E-state index in [2.05, 4.69) is 12.2 Å². The number of halogens is 2. The second kappa shape index (κ2) is 9.85. The van der Waals surface area contributed by atoms with Crippen LogP contribution in [0.2, 0.25) is 0 Å². The number of amides is 1. The molecule has 1 aromatic rings. The molecule has 0 bridgehead atoms. The summed E-state index contributed by atoms with van der Waals surface area (Å²) < 4.78 is 18.8. The Kier molecular flexibility index (Phi) is 8.52. The summed E-state index contributed by atoms with van der Waals surface area (Å²) in [6, 6.07) is 6.27. The highest BCUT2D eigenvalue weighted by atomic mass is 35.5. The summed E-state index contributed by atoms with van der Waals surface area (Å²) in [5.74, 6) is -0.160. The molecule has 1 aromatic carbocycles. The van der Waals surface area contributed by atoms with Gasteiger partial charge in [-0.15, -0.1) is 12.4 Å². The third-order valence-electron chi connectivity index (χ3n) is 3.95. The zero-order valence-electron chi connectivity index (χ0n) is 13.8. The van der Waals surface area contributed by atoms with Crippen LogP contribution in [0.25, 0.3) is 0 Å². The molecular weight excluding hydrogens is 319 g/mol. The number of morpholine rings is 1. The van der Waals surface area contributed by atoms with Crippen LogP contribution in [0.4, 0.5) is 4.39 Å². The van der Waals surface area contributed by atoms with Crippen molar-refractivity contribution in [1.29, 1.82) is 0 Å². The molecule has 1 N–H and O–H groups in total. The van der Waals surface area contributed by atoms with E-state index >= 15 is 0 Å². The van der Waals surface area contributed by atoms with Crippen molar-refractivity contribution in [3.63, 3.8) is 0 Å². The quantitative estimate of drug-likeness (QED) is 0.861. The molecule has 1 amide bonds. The monoisotopic (exact) mass is 344 g/mol. The lowest BCUT2D eigenvalue weighted by molar-refractivity contribution is -0.139. The molecule has 0 saturated carbocycles. The zero-order chi connectivity index (χ0) is 15.9. The minimum atomic E-state index is -0.284. The Labute approximate surface area is 143 Å². The number of carbonyl (C=O) groups excluding carboxylic acids is 1. The largest absolute Gasteiger partial charge is 0.375 e. The van der Waals surface area contributed by atoms with Crippen molar-refractivity contribution in [3.05, 3.63) is 35.6 Å². The van der Waals surface area contributed by atoms with Crippen LogP contribution >= 0.6 is 12.4 Å². The van der Waals surface area contributed by atoms with E-state index in [1.54, 1.807) is 6.07 Å². The van der Waals surface area contributed by atoms with E-state index in [0.717, 1.165) is 12.0 Å². The minimum absolute atomic E-state index is 0. The summed E-state index contributed by atoms with van der Waals surface area (Å²) in [7, 11) is 0. The van der Waals surface area contributed by atoms with Gasteiger partial charge in [-0.3, -0.25) is 4.79 Å². The molecule has 1 aliphatic rings. The molecule has 2 atom stereocenters. The highest BCUT2D eigenvalue weighted by molar-refractivity contribution is 5.85. The van der Waals surface area contributed by atoms with Crippen LogP contribution in [-0.2, 0) is 16.0 Å². The van der Waals surface area contributed by atoms with Crippen LogP contribution in [0.3, 0.4) is 0 Å². The molecule has 0 aliphatic carbocycles. The first-order valence-corrected chi connectivity index (χ1v) is 8.00. The van der Waals surface area contributed by atoms with Crippen LogP contribution in [0.1, 0.15) is 25.8 Å². The van der Waals surface area contributed by atoms with E-state index in [-0.39, 0.29) is 36.3 Å². The van der Waals surface area contributed by atoms with E-state index in [1.807, 2.05) is 17.9 Å². The molecular formula is C17H26ClFN2O2. The Morgan fingerprint density at radius 2 is 2.22 bits per heavy atom. The van der Waals surface area contributed by atoms with Gasteiger partial charge in [0, 0.05) is 19.6 Å². The fourth-order valence-corrected chi connectivity index (χ4v) is 2.76. The number of benzene rings is 1. The second-order valence-corrected chi connectivity index (χ2v) is 5.71. The number of nitrogens with one attached hydrogen (secondary N) is 1. The summed E-state index contributed by atoms with van der Waals surface area (Å²) in [6.07, 6.45) is 1.44. The van der Waals surface area contributed by atoms with Crippen molar-refractivity contribution in [1.82, 2.24) is 10.2 Å². The van der Waals surface area contributed by atoms with Crippen LogP contribution in [0.15, 0.2) is 24.3 Å². The van der Waals surface area contributed by atoms with Crippen molar-refractivity contribution < 1.29 is 13.9 Å². The summed E-state index contributed by atoms with van der Waals surface area (Å²) in [5, 5.41) is 3.24. The Balaban J connectivity index is 0.00000264. The third kappa shape index (κ3) is 5.75. The molecule has 4 nitrogen and oxygen atoms in total.